The zero-order valence-electron chi connectivity index (χ0n) is 12.8. The first-order chi connectivity index (χ1) is 11.1. The average Bonchev–Trinajstić information content (AvgIpc) is 2.97. The Kier molecular flexibility index (Phi) is 4.93. The van der Waals surface area contributed by atoms with Crippen LogP contribution in [-0.2, 0) is 4.79 Å². The summed E-state index contributed by atoms with van der Waals surface area (Å²) in [7, 11) is 0. The van der Waals surface area contributed by atoms with Crippen LogP contribution in [-0.4, -0.2) is 21.6 Å². The molecule has 6 heteroatoms. The molecule has 118 valence electrons. The largest absolute Gasteiger partial charge is 0.370 e. The lowest BCUT2D eigenvalue weighted by atomic mass is 10.1. The molecule has 0 aliphatic carbocycles. The van der Waals surface area contributed by atoms with E-state index in [-0.39, 0.29) is 5.91 Å². The van der Waals surface area contributed by atoms with E-state index in [0.29, 0.717) is 6.42 Å². The molecule has 0 radical (unpaired) electrons. The number of carbonyl (C=O) groups excluding carboxylic acids is 1. The van der Waals surface area contributed by atoms with Gasteiger partial charge in [0.05, 0.1) is 5.39 Å². The van der Waals surface area contributed by atoms with Gasteiger partial charge in [-0.3, -0.25) is 4.79 Å². The van der Waals surface area contributed by atoms with Crippen molar-refractivity contribution >= 4 is 39.2 Å². The number of amides is 1. The number of aryl methyl sites for hydroxylation is 1. The van der Waals surface area contributed by atoms with Crippen molar-refractivity contribution in [2.24, 2.45) is 5.73 Å². The van der Waals surface area contributed by atoms with E-state index in [1.807, 2.05) is 0 Å². The molecule has 1 aromatic carbocycles. The molecule has 1 amide bonds. The molecular weight excluding hydrogens is 326 g/mol. The van der Waals surface area contributed by atoms with Crippen LogP contribution in [0.3, 0.4) is 0 Å². The average molecular weight is 343 g/mol. The minimum absolute atomic E-state index is 0.255. The fourth-order valence-electron chi connectivity index (χ4n) is 2.32. The number of thioether (sulfide) groups is 1. The third-order valence-electron chi connectivity index (χ3n) is 3.50. The van der Waals surface area contributed by atoms with Gasteiger partial charge in [-0.2, -0.15) is 0 Å². The Morgan fingerprint density at radius 1 is 1.26 bits per heavy atom. The second kappa shape index (κ2) is 7.10. The van der Waals surface area contributed by atoms with Crippen molar-refractivity contribution < 1.29 is 4.79 Å². The fraction of sp³-hybridized carbons (Fsp3) is 0.235. The molecule has 0 unspecified atom stereocenters. The Labute approximate surface area is 143 Å². The third-order valence-corrected chi connectivity index (χ3v) is 5.47. The topological polar surface area (TPSA) is 68.9 Å². The molecule has 0 aliphatic rings. The summed E-state index contributed by atoms with van der Waals surface area (Å²) in [4.78, 5) is 20.7. The Hall–Kier alpha value is -1.92. The molecule has 23 heavy (non-hydrogen) atoms. The molecule has 2 N–H and O–H groups in total. The van der Waals surface area contributed by atoms with Crippen LogP contribution in [0.4, 0.5) is 0 Å². The zero-order chi connectivity index (χ0) is 16.2. The van der Waals surface area contributed by atoms with Gasteiger partial charge >= 0.3 is 0 Å². The molecular formula is C17H17N3OS2. The predicted molar refractivity (Wildman–Crippen MR) is 96.7 cm³/mol. The maximum atomic E-state index is 10.8. The van der Waals surface area contributed by atoms with E-state index in [0.717, 1.165) is 27.4 Å². The zero-order valence-corrected chi connectivity index (χ0v) is 14.4. The van der Waals surface area contributed by atoms with E-state index in [1.165, 1.54) is 16.7 Å². The van der Waals surface area contributed by atoms with Crippen LogP contribution in [0.15, 0.2) is 41.0 Å². The second-order valence-corrected chi connectivity index (χ2v) is 7.23. The number of aromatic nitrogens is 2. The number of rotatable bonds is 6. The van der Waals surface area contributed by atoms with Crippen LogP contribution in [0.5, 0.6) is 0 Å². The normalized spacial score (nSPS) is 11.0. The minimum Gasteiger partial charge on any atom is -0.370 e. The lowest BCUT2D eigenvalue weighted by molar-refractivity contribution is -0.118. The highest BCUT2D eigenvalue weighted by molar-refractivity contribution is 7.99. The van der Waals surface area contributed by atoms with Crippen LogP contribution in [0.1, 0.15) is 18.4 Å². The number of benzene rings is 1. The van der Waals surface area contributed by atoms with Crippen LogP contribution >= 0.6 is 23.1 Å². The molecule has 3 aromatic rings. The van der Waals surface area contributed by atoms with Crippen molar-refractivity contribution in [1.29, 1.82) is 0 Å². The predicted octanol–water partition coefficient (Wildman–Crippen LogP) is 4.02. The number of thiophene rings is 1. The number of nitrogens with zero attached hydrogens (tertiary/aromatic N) is 2. The molecule has 2 heterocycles. The van der Waals surface area contributed by atoms with Crippen molar-refractivity contribution in [3.63, 3.8) is 0 Å². The Balaban J connectivity index is 1.91. The number of nitrogens with two attached hydrogens (primary N) is 1. The molecule has 0 spiro atoms. The third kappa shape index (κ3) is 3.71. The van der Waals surface area contributed by atoms with E-state index in [2.05, 4.69) is 46.5 Å². The van der Waals surface area contributed by atoms with E-state index in [4.69, 9.17) is 5.73 Å². The SMILES string of the molecule is Cc1ccc(-c2csc3ncnc(SCCCC(N)=O)c23)cc1. The Morgan fingerprint density at radius 2 is 2.04 bits per heavy atom. The van der Waals surface area contributed by atoms with E-state index in [9.17, 15) is 4.79 Å². The van der Waals surface area contributed by atoms with Crippen LogP contribution < -0.4 is 5.73 Å². The first-order valence-electron chi connectivity index (χ1n) is 7.35. The summed E-state index contributed by atoms with van der Waals surface area (Å²) >= 11 is 3.29. The first kappa shape index (κ1) is 16.0. The van der Waals surface area contributed by atoms with Gasteiger partial charge in [0.25, 0.3) is 0 Å². The second-order valence-electron chi connectivity index (χ2n) is 5.29. The monoisotopic (exact) mass is 343 g/mol. The molecule has 0 atom stereocenters. The van der Waals surface area contributed by atoms with Crippen LogP contribution in [0.2, 0.25) is 0 Å². The molecule has 4 nitrogen and oxygen atoms in total. The molecule has 2 aromatic heterocycles. The van der Waals surface area contributed by atoms with Crippen LogP contribution in [0, 0.1) is 6.92 Å². The molecule has 3 rings (SSSR count). The highest BCUT2D eigenvalue weighted by Gasteiger charge is 2.13. The van der Waals surface area contributed by atoms with E-state index in [1.54, 1.807) is 29.4 Å². The van der Waals surface area contributed by atoms with Gasteiger partial charge in [0, 0.05) is 23.1 Å². The molecule has 0 fully saturated rings. The van der Waals surface area contributed by atoms with E-state index >= 15 is 0 Å². The van der Waals surface area contributed by atoms with Crippen LogP contribution in [0.25, 0.3) is 21.3 Å². The Bertz CT molecular complexity index is 827. The number of hydrogen-bond donors (Lipinski definition) is 1. The van der Waals surface area contributed by atoms with Crippen molar-refractivity contribution in [3.05, 3.63) is 41.5 Å². The smallest absolute Gasteiger partial charge is 0.217 e. The first-order valence-corrected chi connectivity index (χ1v) is 9.22. The summed E-state index contributed by atoms with van der Waals surface area (Å²) in [5, 5.41) is 4.21. The van der Waals surface area contributed by atoms with Gasteiger partial charge < -0.3 is 5.73 Å². The van der Waals surface area contributed by atoms with Crippen molar-refractivity contribution in [1.82, 2.24) is 9.97 Å². The minimum atomic E-state index is -0.255. The van der Waals surface area contributed by atoms with E-state index < -0.39 is 0 Å². The summed E-state index contributed by atoms with van der Waals surface area (Å²) in [6, 6.07) is 8.49. The number of fused-ring (bicyclic) bond motifs is 1. The summed E-state index contributed by atoms with van der Waals surface area (Å²) < 4.78 is 0. The molecule has 0 aliphatic heterocycles. The van der Waals surface area contributed by atoms with Gasteiger partial charge in [0.2, 0.25) is 5.91 Å². The maximum Gasteiger partial charge on any atom is 0.217 e. The maximum absolute atomic E-state index is 10.8. The summed E-state index contributed by atoms with van der Waals surface area (Å²) in [5.41, 5.74) is 8.77. The highest BCUT2D eigenvalue weighted by Crippen LogP contribution is 2.38. The van der Waals surface area contributed by atoms with Gasteiger partial charge in [-0.1, -0.05) is 29.8 Å². The van der Waals surface area contributed by atoms with Crippen molar-refractivity contribution in [2.45, 2.75) is 24.8 Å². The summed E-state index contributed by atoms with van der Waals surface area (Å²) in [5.74, 6) is 0.562. The highest BCUT2D eigenvalue weighted by atomic mass is 32.2. The lowest BCUT2D eigenvalue weighted by Crippen LogP contribution is -2.09. The summed E-state index contributed by atoms with van der Waals surface area (Å²) in [6.07, 6.45) is 2.78. The Morgan fingerprint density at radius 3 is 2.78 bits per heavy atom. The standard InChI is InChI=1S/C17H17N3OS2/c1-11-4-6-12(7-5-11)13-9-23-17-15(13)16(19-10-20-17)22-8-2-3-14(18)21/h4-7,9-10H,2-3,8H2,1H3,(H2,18,21). The fourth-order valence-corrected chi connectivity index (χ4v) is 4.25. The molecule has 0 saturated carbocycles. The summed E-state index contributed by atoms with van der Waals surface area (Å²) in [6.45, 7) is 2.08. The van der Waals surface area contributed by atoms with Gasteiger partial charge in [-0.15, -0.1) is 23.1 Å². The van der Waals surface area contributed by atoms with Gasteiger partial charge in [-0.25, -0.2) is 9.97 Å². The number of hydrogen-bond acceptors (Lipinski definition) is 5. The van der Waals surface area contributed by atoms with Crippen molar-refractivity contribution in [3.8, 4) is 11.1 Å². The number of carbonyl (C=O) groups is 1. The van der Waals surface area contributed by atoms with Crippen molar-refractivity contribution in [2.75, 3.05) is 5.75 Å². The quantitative estimate of drug-likeness (QED) is 0.417. The van der Waals surface area contributed by atoms with Gasteiger partial charge in [0.15, 0.2) is 0 Å². The van der Waals surface area contributed by atoms with Gasteiger partial charge in [-0.05, 0) is 18.9 Å². The molecule has 0 bridgehead atoms. The lowest BCUT2D eigenvalue weighted by Gasteiger charge is -2.05. The number of primary amides is 1. The molecule has 0 saturated heterocycles. The van der Waals surface area contributed by atoms with Gasteiger partial charge in [0.1, 0.15) is 16.2 Å².